The molecule has 1 heterocycles. The molecular formula is C36H60O6. The number of carbonyl (C=O) groups is 2. The van der Waals surface area contributed by atoms with Gasteiger partial charge in [-0.15, -0.1) is 0 Å². The average Bonchev–Trinajstić information content (AvgIpc) is 2.89. The fraction of sp³-hybridized carbons (Fsp3) is 0.778. The Balaban J connectivity index is 1.91. The Morgan fingerprint density at radius 3 is 1.98 bits per heavy atom. The first-order valence-corrected chi connectivity index (χ1v) is 16.5. The molecule has 6 nitrogen and oxygen atoms in total. The molecule has 240 valence electrons. The molecule has 0 aliphatic carbocycles. The summed E-state index contributed by atoms with van der Waals surface area (Å²) in [6.07, 6.45) is 12.9. The van der Waals surface area contributed by atoms with Crippen molar-refractivity contribution in [2.75, 3.05) is 13.2 Å². The third-order valence-corrected chi connectivity index (χ3v) is 9.06. The van der Waals surface area contributed by atoms with Crippen LogP contribution in [0.3, 0.4) is 0 Å². The fourth-order valence-corrected chi connectivity index (χ4v) is 6.21. The molecule has 4 atom stereocenters. The van der Waals surface area contributed by atoms with Gasteiger partial charge in [-0.25, -0.2) is 0 Å². The molecule has 1 aliphatic rings. The molecule has 42 heavy (non-hydrogen) atoms. The monoisotopic (exact) mass is 588 g/mol. The molecular weight excluding hydrogens is 528 g/mol. The zero-order valence-corrected chi connectivity index (χ0v) is 28.5. The Bertz CT molecular complexity index is 1010. The van der Waals surface area contributed by atoms with Gasteiger partial charge < -0.3 is 18.9 Å². The van der Waals surface area contributed by atoms with Gasteiger partial charge >= 0.3 is 11.9 Å². The van der Waals surface area contributed by atoms with Gasteiger partial charge in [0.2, 0.25) is 0 Å². The van der Waals surface area contributed by atoms with Gasteiger partial charge in [0, 0.05) is 19.4 Å². The molecule has 6 heteroatoms. The van der Waals surface area contributed by atoms with E-state index in [9.17, 15) is 9.59 Å². The maximum atomic E-state index is 11.5. The van der Waals surface area contributed by atoms with Crippen molar-refractivity contribution in [3.8, 4) is 11.5 Å². The number of hydrogen-bond donors (Lipinski definition) is 0. The lowest BCUT2D eigenvalue weighted by atomic mass is 9.83. The van der Waals surface area contributed by atoms with Crippen LogP contribution in [0.4, 0.5) is 0 Å². The largest absolute Gasteiger partial charge is 0.489 e. The lowest BCUT2D eigenvalue weighted by molar-refractivity contribution is -0.158. The first kappa shape index (κ1) is 36.0. The summed E-state index contributed by atoms with van der Waals surface area (Å²) in [5.41, 5.74) is 4.23. The summed E-state index contributed by atoms with van der Waals surface area (Å²) in [6.45, 7) is 20.7. The number of rotatable bonds is 18. The van der Waals surface area contributed by atoms with Crippen LogP contribution in [0, 0.1) is 38.5 Å². The van der Waals surface area contributed by atoms with Gasteiger partial charge in [0.05, 0.1) is 0 Å². The van der Waals surface area contributed by atoms with Gasteiger partial charge in [0.15, 0.2) is 6.10 Å². The molecule has 0 aromatic heterocycles. The maximum absolute atomic E-state index is 11.5. The highest BCUT2D eigenvalue weighted by molar-refractivity contribution is 5.67. The lowest BCUT2D eigenvalue weighted by Gasteiger charge is -2.38. The number of benzene rings is 1. The van der Waals surface area contributed by atoms with E-state index < -0.39 is 18.0 Å². The van der Waals surface area contributed by atoms with Crippen LogP contribution < -0.4 is 9.47 Å². The van der Waals surface area contributed by atoms with Crippen LogP contribution in [0.1, 0.15) is 135 Å². The number of esters is 2. The van der Waals surface area contributed by atoms with Crippen molar-refractivity contribution in [2.24, 2.45) is 17.8 Å². The normalized spacial score (nSPS) is 18.5. The van der Waals surface area contributed by atoms with Crippen molar-refractivity contribution in [1.29, 1.82) is 0 Å². The number of ether oxygens (including phenoxy) is 4. The van der Waals surface area contributed by atoms with Gasteiger partial charge in [-0.2, -0.15) is 0 Å². The second-order valence-electron chi connectivity index (χ2n) is 13.8. The van der Waals surface area contributed by atoms with Crippen molar-refractivity contribution < 1.29 is 28.5 Å². The van der Waals surface area contributed by atoms with E-state index >= 15 is 0 Å². The Labute approximate surface area is 256 Å². The molecule has 1 aliphatic heterocycles. The molecule has 0 amide bonds. The predicted molar refractivity (Wildman–Crippen MR) is 170 cm³/mol. The van der Waals surface area contributed by atoms with E-state index in [0.717, 1.165) is 65.2 Å². The Morgan fingerprint density at radius 2 is 1.40 bits per heavy atom. The van der Waals surface area contributed by atoms with Crippen molar-refractivity contribution in [3.63, 3.8) is 0 Å². The summed E-state index contributed by atoms with van der Waals surface area (Å²) in [5.74, 6) is 3.37. The summed E-state index contributed by atoms with van der Waals surface area (Å²) in [5, 5.41) is 0. The molecule has 0 bridgehead atoms. The number of hydrogen-bond acceptors (Lipinski definition) is 6. The Hall–Kier alpha value is -2.24. The van der Waals surface area contributed by atoms with E-state index in [2.05, 4.69) is 48.5 Å². The maximum Gasteiger partial charge on any atom is 0.303 e. The summed E-state index contributed by atoms with van der Waals surface area (Å²) < 4.78 is 23.4. The van der Waals surface area contributed by atoms with Crippen LogP contribution in [0.2, 0.25) is 0 Å². The van der Waals surface area contributed by atoms with Crippen LogP contribution >= 0.6 is 0 Å². The van der Waals surface area contributed by atoms with Crippen molar-refractivity contribution in [2.45, 2.75) is 152 Å². The lowest BCUT2D eigenvalue weighted by Crippen LogP contribution is -2.37. The summed E-state index contributed by atoms with van der Waals surface area (Å²) >= 11 is 0. The molecule has 1 aromatic rings. The molecule has 0 fully saturated rings. The Morgan fingerprint density at radius 1 is 0.810 bits per heavy atom. The molecule has 2 rings (SSSR count). The second-order valence-corrected chi connectivity index (χ2v) is 13.8. The molecule has 0 saturated heterocycles. The minimum Gasteiger partial charge on any atom is -0.489 e. The minimum atomic E-state index is -0.665. The van der Waals surface area contributed by atoms with E-state index in [1.54, 1.807) is 0 Å². The summed E-state index contributed by atoms with van der Waals surface area (Å²) in [7, 11) is 0. The first-order chi connectivity index (χ1) is 19.7. The quantitative estimate of drug-likeness (QED) is 0.159. The fourth-order valence-electron chi connectivity index (χ4n) is 6.21. The third kappa shape index (κ3) is 11.8. The van der Waals surface area contributed by atoms with Gasteiger partial charge in [-0.05, 0) is 87.8 Å². The molecule has 0 N–H and O–H groups in total. The van der Waals surface area contributed by atoms with Crippen LogP contribution in [-0.2, 0) is 25.5 Å². The van der Waals surface area contributed by atoms with Gasteiger partial charge in [-0.1, -0.05) is 72.6 Å². The van der Waals surface area contributed by atoms with Crippen LogP contribution in [-0.4, -0.2) is 36.9 Å². The van der Waals surface area contributed by atoms with Crippen molar-refractivity contribution in [1.82, 2.24) is 0 Å². The second kappa shape index (κ2) is 17.2. The molecule has 1 aromatic carbocycles. The minimum absolute atomic E-state index is 0.0332. The Kier molecular flexibility index (Phi) is 14.7. The SMILES string of the molecule is CC(=O)OCC(COc1c(C)c(C)c2c(c1C)CC[C@@](C)(CCC[C@H](C)CCC[C@H](C)CCCC(C)C)O2)OC(C)=O. The first-order valence-electron chi connectivity index (χ1n) is 16.5. The van der Waals surface area contributed by atoms with E-state index in [4.69, 9.17) is 18.9 Å². The molecule has 0 radical (unpaired) electrons. The highest BCUT2D eigenvalue weighted by atomic mass is 16.6. The highest BCUT2D eigenvalue weighted by Gasteiger charge is 2.34. The van der Waals surface area contributed by atoms with Gasteiger partial charge in [0.25, 0.3) is 0 Å². The van der Waals surface area contributed by atoms with Crippen molar-refractivity contribution in [3.05, 3.63) is 22.3 Å². The van der Waals surface area contributed by atoms with E-state index in [1.807, 2.05) is 6.92 Å². The van der Waals surface area contributed by atoms with Crippen LogP contribution in [0.25, 0.3) is 0 Å². The average molecular weight is 589 g/mol. The van der Waals surface area contributed by atoms with Crippen LogP contribution in [0.15, 0.2) is 0 Å². The smallest absolute Gasteiger partial charge is 0.303 e. The molecule has 0 spiro atoms. The van der Waals surface area contributed by atoms with Crippen LogP contribution in [0.5, 0.6) is 11.5 Å². The van der Waals surface area contributed by atoms with E-state index in [-0.39, 0.29) is 18.8 Å². The molecule has 0 saturated carbocycles. The standard InChI is InChI=1S/C36H60O6/c1-24(2)14-11-15-25(3)16-12-17-26(4)18-13-20-36(10)21-19-33-29(7)34(27(5)28(6)35(33)42-36)40-23-32(41-31(9)38)22-39-30(8)37/h24-26,32H,11-23H2,1-10H3/t25-,26-,32?,36-/m1/s1. The van der Waals surface area contributed by atoms with Gasteiger partial charge in [-0.3, -0.25) is 9.59 Å². The summed E-state index contributed by atoms with van der Waals surface area (Å²) in [4.78, 5) is 22.8. The third-order valence-electron chi connectivity index (χ3n) is 9.06. The number of carbonyl (C=O) groups excluding carboxylic acids is 2. The van der Waals surface area contributed by atoms with E-state index in [1.165, 1.54) is 70.8 Å². The molecule has 1 unspecified atom stereocenters. The predicted octanol–water partition coefficient (Wildman–Crippen LogP) is 9.01. The zero-order chi connectivity index (χ0) is 31.4. The zero-order valence-electron chi connectivity index (χ0n) is 28.5. The highest BCUT2D eigenvalue weighted by Crippen LogP contribution is 2.45. The van der Waals surface area contributed by atoms with E-state index in [0.29, 0.717) is 0 Å². The van der Waals surface area contributed by atoms with Crippen molar-refractivity contribution >= 4 is 11.9 Å². The number of fused-ring (bicyclic) bond motifs is 1. The topological polar surface area (TPSA) is 71.1 Å². The summed E-state index contributed by atoms with van der Waals surface area (Å²) in [6, 6.07) is 0. The van der Waals surface area contributed by atoms with Gasteiger partial charge in [0.1, 0.15) is 30.3 Å².